The molecule has 8 nitrogen and oxygen atoms in total. The fourth-order valence-corrected chi connectivity index (χ4v) is 1.95. The maximum Gasteiger partial charge on any atom is 0.270 e. The van der Waals surface area contributed by atoms with E-state index >= 15 is 0 Å². The summed E-state index contributed by atoms with van der Waals surface area (Å²) in [5.41, 5.74) is 0.241. The minimum atomic E-state index is -0.620. The Morgan fingerprint density at radius 3 is 2.67 bits per heavy atom. The Kier molecular flexibility index (Phi) is 5.45. The zero-order valence-corrected chi connectivity index (χ0v) is 12.7. The number of benzene rings is 2. The highest BCUT2D eigenvalue weighted by atomic mass is 16.6. The molecule has 8 heteroatoms. The Labute approximate surface area is 137 Å². The van der Waals surface area contributed by atoms with Gasteiger partial charge in [-0.3, -0.25) is 19.7 Å². The Balaban J connectivity index is 2.04. The van der Waals surface area contributed by atoms with Crippen LogP contribution in [0.25, 0.3) is 0 Å². The van der Waals surface area contributed by atoms with Gasteiger partial charge in [0, 0.05) is 12.1 Å². The van der Waals surface area contributed by atoms with Gasteiger partial charge in [0.2, 0.25) is 0 Å². The molecule has 24 heavy (non-hydrogen) atoms. The molecule has 124 valence electrons. The van der Waals surface area contributed by atoms with Crippen LogP contribution in [0.4, 0.5) is 11.4 Å². The summed E-state index contributed by atoms with van der Waals surface area (Å²) in [5.74, 6) is 0.121. The summed E-state index contributed by atoms with van der Waals surface area (Å²) >= 11 is 0. The van der Waals surface area contributed by atoms with Gasteiger partial charge in [0.05, 0.1) is 23.3 Å². The Bertz CT molecular complexity index is 775. The molecule has 0 bridgehead atoms. The third kappa shape index (κ3) is 4.07. The van der Waals surface area contributed by atoms with Gasteiger partial charge in [-0.1, -0.05) is 12.1 Å². The Morgan fingerprint density at radius 2 is 2.00 bits per heavy atom. The second kappa shape index (κ2) is 7.73. The lowest BCUT2D eigenvalue weighted by atomic mass is 10.2. The van der Waals surface area contributed by atoms with Crippen molar-refractivity contribution >= 4 is 23.6 Å². The van der Waals surface area contributed by atoms with E-state index in [9.17, 15) is 19.7 Å². The van der Waals surface area contributed by atoms with Crippen LogP contribution in [0.15, 0.2) is 42.5 Å². The highest BCUT2D eigenvalue weighted by Gasteiger charge is 2.13. The van der Waals surface area contributed by atoms with Crippen molar-refractivity contribution in [2.75, 3.05) is 19.0 Å². The number of nitrogens with one attached hydrogen (secondary N) is 1. The first-order valence-corrected chi connectivity index (χ1v) is 6.84. The van der Waals surface area contributed by atoms with Crippen molar-refractivity contribution in [3.63, 3.8) is 0 Å². The molecule has 0 saturated carbocycles. The monoisotopic (exact) mass is 330 g/mol. The van der Waals surface area contributed by atoms with Crippen LogP contribution in [0, 0.1) is 10.1 Å². The first kappa shape index (κ1) is 16.9. The summed E-state index contributed by atoms with van der Waals surface area (Å²) in [6.45, 7) is -0.364. The molecule has 0 aliphatic rings. The number of hydrogen-bond acceptors (Lipinski definition) is 6. The normalized spacial score (nSPS) is 9.88. The van der Waals surface area contributed by atoms with Crippen molar-refractivity contribution in [2.45, 2.75) is 0 Å². The molecule has 0 aromatic heterocycles. The number of non-ortho nitro benzene ring substituents is 1. The molecule has 0 unspecified atom stereocenters. The molecule has 0 fully saturated rings. The minimum Gasteiger partial charge on any atom is -0.495 e. The topological polar surface area (TPSA) is 108 Å². The van der Waals surface area contributed by atoms with E-state index in [4.69, 9.17) is 9.47 Å². The molecule has 1 amide bonds. The van der Waals surface area contributed by atoms with Crippen molar-refractivity contribution in [2.24, 2.45) is 0 Å². The third-order valence-corrected chi connectivity index (χ3v) is 3.07. The minimum absolute atomic E-state index is 0.00529. The first-order chi connectivity index (χ1) is 11.5. The van der Waals surface area contributed by atoms with Crippen LogP contribution in [-0.4, -0.2) is 30.8 Å². The number of anilines is 1. The highest BCUT2D eigenvalue weighted by molar-refractivity contribution is 5.93. The Hall–Kier alpha value is -3.42. The quantitative estimate of drug-likeness (QED) is 0.474. The number of nitro benzene ring substituents is 1. The molecule has 2 aromatic carbocycles. The van der Waals surface area contributed by atoms with Gasteiger partial charge in [-0.2, -0.15) is 0 Å². The van der Waals surface area contributed by atoms with Gasteiger partial charge in [-0.05, 0) is 18.2 Å². The first-order valence-electron chi connectivity index (χ1n) is 6.84. The third-order valence-electron chi connectivity index (χ3n) is 3.07. The standard InChI is InChI=1S/C16H14N2O6/c1-23-15-5-3-2-4-13(15)17-16(20)10-24-14-7-6-12(18(21)22)8-11(14)9-19/h2-9H,10H2,1H3,(H,17,20). The fourth-order valence-electron chi connectivity index (χ4n) is 1.95. The molecular weight excluding hydrogens is 316 g/mol. The number of aldehydes is 1. The average Bonchev–Trinajstić information content (AvgIpc) is 2.60. The van der Waals surface area contributed by atoms with E-state index in [1.54, 1.807) is 24.3 Å². The molecule has 1 N–H and O–H groups in total. The van der Waals surface area contributed by atoms with Gasteiger partial charge >= 0.3 is 0 Å². The largest absolute Gasteiger partial charge is 0.495 e. The number of amides is 1. The van der Waals surface area contributed by atoms with Crippen molar-refractivity contribution in [1.29, 1.82) is 0 Å². The van der Waals surface area contributed by atoms with E-state index in [0.29, 0.717) is 17.7 Å². The number of para-hydroxylation sites is 2. The van der Waals surface area contributed by atoms with Gasteiger partial charge in [0.25, 0.3) is 11.6 Å². The van der Waals surface area contributed by atoms with E-state index in [-0.39, 0.29) is 23.6 Å². The van der Waals surface area contributed by atoms with Crippen LogP contribution < -0.4 is 14.8 Å². The number of nitro groups is 1. The highest BCUT2D eigenvalue weighted by Crippen LogP contribution is 2.24. The van der Waals surface area contributed by atoms with E-state index < -0.39 is 10.8 Å². The predicted octanol–water partition coefficient (Wildman–Crippen LogP) is 2.43. The zero-order chi connectivity index (χ0) is 17.5. The number of carbonyl (C=O) groups is 2. The van der Waals surface area contributed by atoms with E-state index in [1.165, 1.54) is 19.2 Å². The molecule has 0 spiro atoms. The molecule has 0 radical (unpaired) electrons. The summed E-state index contributed by atoms with van der Waals surface area (Å²) in [7, 11) is 1.48. The summed E-state index contributed by atoms with van der Waals surface area (Å²) in [5, 5.41) is 13.3. The lowest BCUT2D eigenvalue weighted by Crippen LogP contribution is -2.20. The van der Waals surface area contributed by atoms with Crippen molar-refractivity contribution in [1.82, 2.24) is 0 Å². The second-order valence-corrected chi connectivity index (χ2v) is 4.63. The average molecular weight is 330 g/mol. The molecule has 0 heterocycles. The van der Waals surface area contributed by atoms with E-state index in [1.807, 2.05) is 0 Å². The number of methoxy groups -OCH3 is 1. The van der Waals surface area contributed by atoms with E-state index in [0.717, 1.165) is 6.07 Å². The van der Waals surface area contributed by atoms with E-state index in [2.05, 4.69) is 5.32 Å². The van der Waals surface area contributed by atoms with Gasteiger partial charge in [0.1, 0.15) is 11.5 Å². The lowest BCUT2D eigenvalue weighted by molar-refractivity contribution is -0.384. The van der Waals surface area contributed by atoms with Crippen molar-refractivity contribution in [3.8, 4) is 11.5 Å². The van der Waals surface area contributed by atoms with Gasteiger partial charge in [-0.25, -0.2) is 0 Å². The maximum atomic E-state index is 11.9. The maximum absolute atomic E-state index is 11.9. The molecule has 0 aliphatic heterocycles. The lowest BCUT2D eigenvalue weighted by Gasteiger charge is -2.11. The van der Waals surface area contributed by atoms with Gasteiger partial charge in [-0.15, -0.1) is 0 Å². The molecular formula is C16H14N2O6. The van der Waals surface area contributed by atoms with Crippen molar-refractivity contribution in [3.05, 3.63) is 58.1 Å². The molecule has 0 saturated heterocycles. The number of ether oxygens (including phenoxy) is 2. The van der Waals surface area contributed by atoms with Gasteiger partial charge in [0.15, 0.2) is 12.9 Å². The summed E-state index contributed by atoms with van der Waals surface area (Å²) < 4.78 is 10.4. The summed E-state index contributed by atoms with van der Waals surface area (Å²) in [6.07, 6.45) is 0.431. The fraction of sp³-hybridized carbons (Fsp3) is 0.125. The van der Waals surface area contributed by atoms with Gasteiger partial charge < -0.3 is 14.8 Å². The van der Waals surface area contributed by atoms with Crippen LogP contribution in [0.3, 0.4) is 0 Å². The Morgan fingerprint density at radius 1 is 1.25 bits per heavy atom. The number of hydrogen-bond donors (Lipinski definition) is 1. The zero-order valence-electron chi connectivity index (χ0n) is 12.7. The number of rotatable bonds is 7. The van der Waals surface area contributed by atoms with Crippen molar-refractivity contribution < 1.29 is 24.0 Å². The molecule has 2 rings (SSSR count). The number of carbonyl (C=O) groups excluding carboxylic acids is 2. The smallest absolute Gasteiger partial charge is 0.270 e. The van der Waals surface area contributed by atoms with Crippen LogP contribution in [0.5, 0.6) is 11.5 Å². The van der Waals surface area contributed by atoms with Crippen LogP contribution in [0.1, 0.15) is 10.4 Å². The molecule has 2 aromatic rings. The summed E-state index contributed by atoms with van der Waals surface area (Å²) in [4.78, 5) is 33.0. The van der Waals surface area contributed by atoms with Crippen LogP contribution in [0.2, 0.25) is 0 Å². The number of nitrogens with zero attached hydrogens (tertiary/aromatic N) is 1. The SMILES string of the molecule is COc1ccccc1NC(=O)COc1ccc([N+](=O)[O-])cc1C=O. The molecule has 0 atom stereocenters. The second-order valence-electron chi connectivity index (χ2n) is 4.63. The van der Waals surface area contributed by atoms with Crippen LogP contribution in [-0.2, 0) is 4.79 Å². The summed E-state index contributed by atoms with van der Waals surface area (Å²) in [6, 6.07) is 10.4. The molecule has 0 aliphatic carbocycles. The van der Waals surface area contributed by atoms with Crippen LogP contribution >= 0.6 is 0 Å². The predicted molar refractivity (Wildman–Crippen MR) is 85.6 cm³/mol.